The molecule has 1 unspecified atom stereocenters. The second-order valence-corrected chi connectivity index (χ2v) is 8.23. The fraction of sp³-hybridized carbons (Fsp3) is 0.333. The molecule has 1 fully saturated rings. The van der Waals surface area contributed by atoms with Crippen molar-refractivity contribution >= 4 is 29.1 Å². The quantitative estimate of drug-likeness (QED) is 0.355. The van der Waals surface area contributed by atoms with E-state index in [1.54, 1.807) is 30.3 Å². The van der Waals surface area contributed by atoms with Crippen LogP contribution >= 0.6 is 11.6 Å². The number of nitrogens with zero attached hydrogens (tertiary/aromatic N) is 2. The Morgan fingerprint density at radius 1 is 1.19 bits per heavy atom. The molecule has 1 atom stereocenters. The minimum absolute atomic E-state index is 0.00602. The number of ether oxygens (including phenoxy) is 1. The lowest BCUT2D eigenvalue weighted by Gasteiger charge is -2.26. The molecule has 2 N–H and O–H groups in total. The molecule has 1 saturated heterocycles. The number of benzene rings is 2. The van der Waals surface area contributed by atoms with Gasteiger partial charge in [-0.2, -0.15) is 0 Å². The molecule has 3 rings (SSSR count). The van der Waals surface area contributed by atoms with Crippen molar-refractivity contribution in [2.75, 3.05) is 33.8 Å². The first-order chi connectivity index (χ1) is 15.2. The molecule has 32 heavy (non-hydrogen) atoms. The van der Waals surface area contributed by atoms with Crippen LogP contribution in [0.5, 0.6) is 11.5 Å². The third kappa shape index (κ3) is 4.89. The van der Waals surface area contributed by atoms with Crippen LogP contribution in [0.3, 0.4) is 0 Å². The Hall–Kier alpha value is -3.03. The molecule has 0 aliphatic carbocycles. The van der Waals surface area contributed by atoms with Gasteiger partial charge in [-0.1, -0.05) is 23.7 Å². The summed E-state index contributed by atoms with van der Waals surface area (Å²) in [4.78, 5) is 29.4. The standard InChI is InChI=1S/C24H27ClN2O5/c1-4-32-19-14-16(9-10-18(19)25)22(29)20-21(15-7-5-8-17(28)13-15)27(24(31)23(20)30)12-6-11-26(2)3/h5,7-10,13-14,21,28-29H,4,6,11-12H2,1-3H3/b22-20-. The van der Waals surface area contributed by atoms with Crippen molar-refractivity contribution in [1.82, 2.24) is 9.80 Å². The van der Waals surface area contributed by atoms with E-state index in [1.165, 1.54) is 17.0 Å². The molecule has 0 spiro atoms. The predicted molar refractivity (Wildman–Crippen MR) is 123 cm³/mol. The van der Waals surface area contributed by atoms with Gasteiger partial charge in [0.25, 0.3) is 11.7 Å². The fourth-order valence-electron chi connectivity index (χ4n) is 3.78. The lowest BCUT2D eigenvalue weighted by Crippen LogP contribution is -2.32. The van der Waals surface area contributed by atoms with Gasteiger partial charge in [0.15, 0.2) is 0 Å². The van der Waals surface area contributed by atoms with Crippen LogP contribution < -0.4 is 4.74 Å². The molecule has 0 saturated carbocycles. The highest BCUT2D eigenvalue weighted by molar-refractivity contribution is 6.46. The molecule has 0 aromatic heterocycles. The minimum atomic E-state index is -0.824. The predicted octanol–water partition coefficient (Wildman–Crippen LogP) is 3.82. The van der Waals surface area contributed by atoms with Gasteiger partial charge >= 0.3 is 0 Å². The normalized spacial score (nSPS) is 17.9. The number of carbonyl (C=O) groups excluding carboxylic acids is 2. The van der Waals surface area contributed by atoms with E-state index in [0.29, 0.717) is 41.5 Å². The molecule has 8 heteroatoms. The lowest BCUT2D eigenvalue weighted by atomic mass is 9.95. The molecular formula is C24H27ClN2O5. The molecule has 1 aliphatic heterocycles. The van der Waals surface area contributed by atoms with E-state index in [4.69, 9.17) is 16.3 Å². The second-order valence-electron chi connectivity index (χ2n) is 7.82. The first kappa shape index (κ1) is 23.6. The number of rotatable bonds is 8. The number of phenols is 1. The number of phenolic OH excluding ortho intramolecular Hbond substituents is 1. The smallest absolute Gasteiger partial charge is 0.295 e. The second kappa shape index (κ2) is 10.1. The number of likely N-dealkylation sites (tertiary alicyclic amines) is 1. The van der Waals surface area contributed by atoms with E-state index in [0.717, 1.165) is 6.54 Å². The highest BCUT2D eigenvalue weighted by Crippen LogP contribution is 2.41. The summed E-state index contributed by atoms with van der Waals surface area (Å²) in [5.74, 6) is -1.39. The zero-order valence-corrected chi connectivity index (χ0v) is 19.1. The first-order valence-electron chi connectivity index (χ1n) is 10.4. The average molecular weight is 459 g/mol. The van der Waals surface area contributed by atoms with Crippen molar-refractivity contribution in [1.29, 1.82) is 0 Å². The van der Waals surface area contributed by atoms with Gasteiger partial charge in [-0.15, -0.1) is 0 Å². The Labute approximate surface area is 192 Å². The average Bonchev–Trinajstić information content (AvgIpc) is 3.00. The number of aliphatic hydroxyl groups is 1. The summed E-state index contributed by atoms with van der Waals surface area (Å²) < 4.78 is 5.50. The number of carbonyl (C=O) groups is 2. The van der Waals surface area contributed by atoms with Crippen LogP contribution in [-0.4, -0.2) is 65.5 Å². The SMILES string of the molecule is CCOc1cc(/C(O)=C2/C(=O)C(=O)N(CCCN(C)C)C2c2cccc(O)c2)ccc1Cl. The van der Waals surface area contributed by atoms with Gasteiger partial charge < -0.3 is 24.7 Å². The topological polar surface area (TPSA) is 90.3 Å². The van der Waals surface area contributed by atoms with Gasteiger partial charge in [-0.3, -0.25) is 9.59 Å². The summed E-state index contributed by atoms with van der Waals surface area (Å²) >= 11 is 6.16. The molecule has 170 valence electrons. The number of halogens is 1. The van der Waals surface area contributed by atoms with Crippen molar-refractivity contribution in [3.8, 4) is 11.5 Å². The monoisotopic (exact) mass is 458 g/mol. The van der Waals surface area contributed by atoms with Gasteiger partial charge in [0.2, 0.25) is 0 Å². The molecular weight excluding hydrogens is 432 g/mol. The molecule has 1 aliphatic rings. The summed E-state index contributed by atoms with van der Waals surface area (Å²) in [6.07, 6.45) is 0.644. The van der Waals surface area contributed by atoms with Crippen molar-refractivity contribution in [3.63, 3.8) is 0 Å². The van der Waals surface area contributed by atoms with E-state index in [9.17, 15) is 19.8 Å². The number of amides is 1. The molecule has 2 aromatic carbocycles. The van der Waals surface area contributed by atoms with Crippen LogP contribution in [0.2, 0.25) is 5.02 Å². The van der Waals surface area contributed by atoms with Gasteiger partial charge in [-0.25, -0.2) is 0 Å². The minimum Gasteiger partial charge on any atom is -0.508 e. The Balaban J connectivity index is 2.11. The van der Waals surface area contributed by atoms with Crippen LogP contribution in [0.1, 0.15) is 30.5 Å². The molecule has 0 radical (unpaired) electrons. The van der Waals surface area contributed by atoms with E-state index in [1.807, 2.05) is 25.9 Å². The Morgan fingerprint density at radius 3 is 2.59 bits per heavy atom. The molecule has 2 aromatic rings. The maximum atomic E-state index is 13.0. The van der Waals surface area contributed by atoms with E-state index in [-0.39, 0.29) is 17.1 Å². The van der Waals surface area contributed by atoms with Crippen molar-refractivity contribution in [2.24, 2.45) is 0 Å². The zero-order chi connectivity index (χ0) is 23.4. The summed E-state index contributed by atoms with van der Waals surface area (Å²) in [6.45, 7) is 3.24. The van der Waals surface area contributed by atoms with Gasteiger partial charge in [0.05, 0.1) is 23.2 Å². The lowest BCUT2D eigenvalue weighted by molar-refractivity contribution is -0.139. The van der Waals surface area contributed by atoms with Crippen LogP contribution in [-0.2, 0) is 9.59 Å². The van der Waals surface area contributed by atoms with Gasteiger partial charge in [0.1, 0.15) is 17.3 Å². The van der Waals surface area contributed by atoms with Crippen molar-refractivity contribution < 1.29 is 24.5 Å². The number of ketones is 1. The highest BCUT2D eigenvalue weighted by Gasteiger charge is 2.45. The molecule has 7 nitrogen and oxygen atoms in total. The van der Waals surface area contributed by atoms with Crippen LogP contribution in [0.25, 0.3) is 5.76 Å². The first-order valence-corrected chi connectivity index (χ1v) is 10.8. The van der Waals surface area contributed by atoms with E-state index in [2.05, 4.69) is 0 Å². The molecule has 1 heterocycles. The fourth-order valence-corrected chi connectivity index (χ4v) is 3.95. The third-order valence-electron chi connectivity index (χ3n) is 5.23. The van der Waals surface area contributed by atoms with Crippen molar-refractivity contribution in [2.45, 2.75) is 19.4 Å². The number of hydrogen-bond acceptors (Lipinski definition) is 6. The third-order valence-corrected chi connectivity index (χ3v) is 5.55. The van der Waals surface area contributed by atoms with Crippen LogP contribution in [0, 0.1) is 0 Å². The van der Waals surface area contributed by atoms with E-state index < -0.39 is 17.7 Å². The van der Waals surface area contributed by atoms with Crippen LogP contribution in [0.15, 0.2) is 48.0 Å². The summed E-state index contributed by atoms with van der Waals surface area (Å²) in [6, 6.07) is 10.2. The maximum Gasteiger partial charge on any atom is 0.295 e. The number of hydrogen-bond donors (Lipinski definition) is 2. The van der Waals surface area contributed by atoms with Gasteiger partial charge in [-0.05, 0) is 69.9 Å². The maximum absolute atomic E-state index is 13.0. The Kier molecular flexibility index (Phi) is 7.43. The number of aliphatic hydroxyl groups excluding tert-OH is 1. The van der Waals surface area contributed by atoms with Gasteiger partial charge in [0, 0.05) is 12.1 Å². The number of Topliss-reactive ketones (excluding diaryl/α,β-unsaturated/α-hetero) is 1. The molecule has 0 bridgehead atoms. The summed E-state index contributed by atoms with van der Waals surface area (Å²) in [5, 5.41) is 21.5. The van der Waals surface area contributed by atoms with E-state index >= 15 is 0 Å². The van der Waals surface area contributed by atoms with Crippen molar-refractivity contribution in [3.05, 3.63) is 64.2 Å². The largest absolute Gasteiger partial charge is 0.508 e. The molecule has 1 amide bonds. The number of aromatic hydroxyl groups is 1. The summed E-state index contributed by atoms with van der Waals surface area (Å²) in [5.41, 5.74) is 0.819. The highest BCUT2D eigenvalue weighted by atomic mass is 35.5. The zero-order valence-electron chi connectivity index (χ0n) is 18.3. The summed E-state index contributed by atoms with van der Waals surface area (Å²) in [7, 11) is 3.86. The Morgan fingerprint density at radius 2 is 1.94 bits per heavy atom. The van der Waals surface area contributed by atoms with Crippen LogP contribution in [0.4, 0.5) is 0 Å². The Bertz CT molecular complexity index is 1050.